The summed E-state index contributed by atoms with van der Waals surface area (Å²) in [6, 6.07) is 17.0. The Morgan fingerprint density at radius 2 is 1.87 bits per heavy atom. The van der Waals surface area contributed by atoms with E-state index in [1.807, 2.05) is 54.6 Å². The number of hydrogen-bond acceptors (Lipinski definition) is 4. The van der Waals surface area contributed by atoms with E-state index in [0.717, 1.165) is 16.1 Å². The van der Waals surface area contributed by atoms with E-state index < -0.39 is 0 Å². The lowest BCUT2D eigenvalue weighted by atomic mass is 10.1. The predicted octanol–water partition coefficient (Wildman–Crippen LogP) is 3.52. The smallest absolute Gasteiger partial charge is 0.316 e. The number of rotatable bonds is 7. The summed E-state index contributed by atoms with van der Waals surface area (Å²) >= 11 is 1.39. The molecule has 0 heterocycles. The lowest BCUT2D eigenvalue weighted by Crippen LogP contribution is -2.14. The van der Waals surface area contributed by atoms with Gasteiger partial charge in [0.05, 0.1) is 18.8 Å². The van der Waals surface area contributed by atoms with Crippen molar-refractivity contribution in [1.82, 2.24) is 0 Å². The summed E-state index contributed by atoms with van der Waals surface area (Å²) in [5.74, 6) is -0.0466. The molecule has 23 heavy (non-hydrogen) atoms. The molecule has 1 N–H and O–H groups in total. The fraction of sp³-hybridized carbons (Fsp3) is 0.222. The molecule has 0 aliphatic heterocycles. The normalized spacial score (nSPS) is 10.1. The maximum absolute atomic E-state index is 12.1. The van der Waals surface area contributed by atoms with Crippen LogP contribution in [0.2, 0.25) is 0 Å². The van der Waals surface area contributed by atoms with Gasteiger partial charge in [0.1, 0.15) is 0 Å². The first-order valence-electron chi connectivity index (χ1n) is 7.39. The van der Waals surface area contributed by atoms with Crippen molar-refractivity contribution in [2.75, 3.05) is 17.7 Å². The van der Waals surface area contributed by atoms with Crippen LogP contribution >= 0.6 is 11.8 Å². The SMILES string of the molecule is CCOC(=O)CSc1cccc(NC(=O)Cc2ccccc2)c1. The van der Waals surface area contributed by atoms with Gasteiger partial charge in [0.2, 0.25) is 5.91 Å². The molecule has 0 bridgehead atoms. The molecule has 0 radical (unpaired) electrons. The van der Waals surface area contributed by atoms with E-state index in [2.05, 4.69) is 5.32 Å². The van der Waals surface area contributed by atoms with Crippen LogP contribution in [0.15, 0.2) is 59.5 Å². The van der Waals surface area contributed by atoms with Crippen molar-refractivity contribution >= 4 is 29.3 Å². The molecular formula is C18H19NO3S. The molecule has 2 aromatic carbocycles. The van der Waals surface area contributed by atoms with Gasteiger partial charge in [-0.1, -0.05) is 36.4 Å². The number of carbonyl (C=O) groups excluding carboxylic acids is 2. The lowest BCUT2D eigenvalue weighted by Gasteiger charge is -2.07. The van der Waals surface area contributed by atoms with E-state index in [1.165, 1.54) is 11.8 Å². The molecule has 0 fully saturated rings. The fourth-order valence-electron chi connectivity index (χ4n) is 1.99. The zero-order valence-corrected chi connectivity index (χ0v) is 13.8. The van der Waals surface area contributed by atoms with Crippen LogP contribution in [-0.4, -0.2) is 24.2 Å². The van der Waals surface area contributed by atoms with Crippen molar-refractivity contribution in [2.24, 2.45) is 0 Å². The van der Waals surface area contributed by atoms with Gasteiger partial charge in [0.25, 0.3) is 0 Å². The Balaban J connectivity index is 1.89. The van der Waals surface area contributed by atoms with Crippen LogP contribution in [0.1, 0.15) is 12.5 Å². The van der Waals surface area contributed by atoms with E-state index in [-0.39, 0.29) is 17.6 Å². The number of esters is 1. The first-order valence-corrected chi connectivity index (χ1v) is 8.38. The van der Waals surface area contributed by atoms with Crippen molar-refractivity contribution in [3.05, 3.63) is 60.2 Å². The minimum atomic E-state index is -0.240. The van der Waals surface area contributed by atoms with E-state index >= 15 is 0 Å². The average Bonchev–Trinajstić information content (AvgIpc) is 2.54. The molecule has 0 saturated carbocycles. The van der Waals surface area contributed by atoms with Gasteiger partial charge < -0.3 is 10.1 Å². The van der Waals surface area contributed by atoms with Crippen LogP contribution < -0.4 is 5.32 Å². The monoisotopic (exact) mass is 329 g/mol. The topological polar surface area (TPSA) is 55.4 Å². The Bertz CT molecular complexity index is 658. The second-order valence-corrected chi connectivity index (χ2v) is 5.88. The Morgan fingerprint density at radius 3 is 2.61 bits per heavy atom. The molecule has 1 amide bonds. The number of ether oxygens (including phenoxy) is 1. The molecule has 0 aliphatic rings. The molecule has 0 spiro atoms. The third kappa shape index (κ3) is 6.16. The molecule has 0 aromatic heterocycles. The van der Waals surface area contributed by atoms with Gasteiger partial charge in [-0.3, -0.25) is 9.59 Å². The first kappa shape index (κ1) is 17.1. The fourth-order valence-corrected chi connectivity index (χ4v) is 2.75. The van der Waals surface area contributed by atoms with Crippen LogP contribution in [0.4, 0.5) is 5.69 Å². The van der Waals surface area contributed by atoms with Gasteiger partial charge in [-0.15, -0.1) is 11.8 Å². The molecule has 4 nitrogen and oxygen atoms in total. The number of hydrogen-bond donors (Lipinski definition) is 1. The van der Waals surface area contributed by atoms with E-state index in [9.17, 15) is 9.59 Å². The largest absolute Gasteiger partial charge is 0.465 e. The summed E-state index contributed by atoms with van der Waals surface area (Å²) in [5.41, 5.74) is 1.69. The molecular weight excluding hydrogens is 310 g/mol. The number of nitrogens with one attached hydrogen (secondary N) is 1. The van der Waals surface area contributed by atoms with Gasteiger partial charge in [-0.25, -0.2) is 0 Å². The number of benzene rings is 2. The molecule has 0 aliphatic carbocycles. The maximum Gasteiger partial charge on any atom is 0.316 e. The summed E-state index contributed by atoms with van der Waals surface area (Å²) < 4.78 is 4.90. The van der Waals surface area contributed by atoms with E-state index in [0.29, 0.717) is 13.0 Å². The van der Waals surface area contributed by atoms with Crippen molar-refractivity contribution in [3.63, 3.8) is 0 Å². The maximum atomic E-state index is 12.1. The zero-order valence-electron chi connectivity index (χ0n) is 13.0. The van der Waals surface area contributed by atoms with E-state index in [1.54, 1.807) is 6.92 Å². The van der Waals surface area contributed by atoms with Crippen molar-refractivity contribution in [2.45, 2.75) is 18.2 Å². The molecule has 2 aromatic rings. The van der Waals surface area contributed by atoms with Crippen LogP contribution in [0.25, 0.3) is 0 Å². The van der Waals surface area contributed by atoms with Crippen LogP contribution in [0, 0.1) is 0 Å². The Morgan fingerprint density at radius 1 is 1.09 bits per heavy atom. The first-order chi connectivity index (χ1) is 11.2. The highest BCUT2D eigenvalue weighted by atomic mass is 32.2. The third-order valence-corrected chi connectivity index (χ3v) is 3.95. The molecule has 5 heteroatoms. The summed E-state index contributed by atoms with van der Waals surface area (Å²) in [6.45, 7) is 2.17. The summed E-state index contributed by atoms with van der Waals surface area (Å²) in [6.07, 6.45) is 0.334. The van der Waals surface area contributed by atoms with Crippen LogP contribution in [-0.2, 0) is 20.7 Å². The predicted molar refractivity (Wildman–Crippen MR) is 92.6 cm³/mol. The number of anilines is 1. The highest BCUT2D eigenvalue weighted by molar-refractivity contribution is 8.00. The Hall–Kier alpha value is -2.27. The van der Waals surface area contributed by atoms with Gasteiger partial charge in [0, 0.05) is 10.6 Å². The second-order valence-electron chi connectivity index (χ2n) is 4.83. The quantitative estimate of drug-likeness (QED) is 0.624. The number of thioether (sulfide) groups is 1. The standard InChI is InChI=1S/C18H19NO3S/c1-2-22-18(21)13-23-16-10-6-9-15(12-16)19-17(20)11-14-7-4-3-5-8-14/h3-10,12H,2,11,13H2,1H3,(H,19,20). The minimum absolute atomic E-state index is 0.0660. The Kier molecular flexibility index (Phi) is 6.69. The number of amides is 1. The lowest BCUT2D eigenvalue weighted by molar-refractivity contribution is -0.139. The molecule has 0 atom stereocenters. The average molecular weight is 329 g/mol. The molecule has 0 saturated heterocycles. The van der Waals surface area contributed by atoms with Crippen LogP contribution in [0.3, 0.4) is 0 Å². The van der Waals surface area contributed by atoms with Gasteiger partial charge in [0.15, 0.2) is 0 Å². The minimum Gasteiger partial charge on any atom is -0.465 e. The summed E-state index contributed by atoms with van der Waals surface area (Å²) in [7, 11) is 0. The summed E-state index contributed by atoms with van der Waals surface area (Å²) in [5, 5.41) is 2.88. The van der Waals surface area contributed by atoms with Gasteiger partial charge >= 0.3 is 5.97 Å². The third-order valence-electron chi connectivity index (χ3n) is 2.99. The molecule has 0 unspecified atom stereocenters. The van der Waals surface area contributed by atoms with E-state index in [4.69, 9.17) is 4.74 Å². The second kappa shape index (κ2) is 9.00. The molecule has 2 rings (SSSR count). The van der Waals surface area contributed by atoms with Crippen LogP contribution in [0.5, 0.6) is 0 Å². The molecule has 120 valence electrons. The van der Waals surface area contributed by atoms with Crippen molar-refractivity contribution in [1.29, 1.82) is 0 Å². The van der Waals surface area contributed by atoms with Gasteiger partial charge in [-0.2, -0.15) is 0 Å². The van der Waals surface area contributed by atoms with Crippen molar-refractivity contribution in [3.8, 4) is 0 Å². The zero-order chi connectivity index (χ0) is 16.5. The summed E-state index contributed by atoms with van der Waals surface area (Å²) in [4.78, 5) is 24.3. The number of carbonyl (C=O) groups is 2. The highest BCUT2D eigenvalue weighted by Gasteiger charge is 2.06. The highest BCUT2D eigenvalue weighted by Crippen LogP contribution is 2.22. The Labute approximate surface area is 140 Å². The van der Waals surface area contributed by atoms with Crippen molar-refractivity contribution < 1.29 is 14.3 Å². The van der Waals surface area contributed by atoms with Gasteiger partial charge in [-0.05, 0) is 30.7 Å².